The molecule has 0 saturated carbocycles. The number of hydrogen-bond acceptors (Lipinski definition) is 4. The molecular formula is C8H8N2O2. The number of nitrogen functional groups attached to an aromatic ring is 2. The highest BCUT2D eigenvalue weighted by molar-refractivity contribution is 5.55. The Morgan fingerprint density at radius 2 is 1.17 bits per heavy atom. The number of nitrogens with two attached hydrogens (primary N) is 2. The molecule has 0 aliphatic rings. The summed E-state index contributed by atoms with van der Waals surface area (Å²) in [6.07, 6.45) is 0. The minimum atomic E-state index is 0.361. The molecule has 2 heterocycles. The van der Waals surface area contributed by atoms with E-state index in [2.05, 4.69) is 0 Å². The standard InChI is InChI=1S/C8H8N2O2/c9-7-3-1-5(11-7)6-2-4-8(10)12-6/h1-4H,9-10H2. The molecule has 0 unspecified atom stereocenters. The molecule has 62 valence electrons. The van der Waals surface area contributed by atoms with Gasteiger partial charge in [0.15, 0.2) is 23.3 Å². The average molecular weight is 164 g/mol. The summed E-state index contributed by atoms with van der Waals surface area (Å²) in [5.41, 5.74) is 10.8. The van der Waals surface area contributed by atoms with Crippen LogP contribution in [0.3, 0.4) is 0 Å². The van der Waals surface area contributed by atoms with Gasteiger partial charge in [-0.2, -0.15) is 0 Å². The zero-order valence-corrected chi connectivity index (χ0v) is 6.28. The molecule has 2 aromatic rings. The van der Waals surface area contributed by atoms with E-state index >= 15 is 0 Å². The van der Waals surface area contributed by atoms with Gasteiger partial charge in [0.2, 0.25) is 0 Å². The van der Waals surface area contributed by atoms with Crippen LogP contribution in [0.5, 0.6) is 0 Å². The van der Waals surface area contributed by atoms with Crippen LogP contribution >= 0.6 is 0 Å². The van der Waals surface area contributed by atoms with Crippen molar-refractivity contribution in [3.63, 3.8) is 0 Å². The fraction of sp³-hybridized carbons (Fsp3) is 0. The zero-order chi connectivity index (χ0) is 8.55. The van der Waals surface area contributed by atoms with Crippen LogP contribution in [0.4, 0.5) is 11.8 Å². The van der Waals surface area contributed by atoms with Crippen molar-refractivity contribution in [3.05, 3.63) is 24.3 Å². The second-order valence-corrected chi connectivity index (χ2v) is 2.40. The first-order valence-corrected chi connectivity index (χ1v) is 3.47. The van der Waals surface area contributed by atoms with Crippen LogP contribution in [-0.4, -0.2) is 0 Å². The predicted molar refractivity (Wildman–Crippen MR) is 45.2 cm³/mol. The number of anilines is 2. The van der Waals surface area contributed by atoms with Gasteiger partial charge in [0.05, 0.1) is 0 Å². The van der Waals surface area contributed by atoms with Crippen molar-refractivity contribution in [2.24, 2.45) is 0 Å². The molecule has 2 aromatic heterocycles. The number of furan rings is 2. The first kappa shape index (κ1) is 6.84. The maximum Gasteiger partial charge on any atom is 0.191 e. The molecule has 0 fully saturated rings. The first-order valence-electron chi connectivity index (χ1n) is 3.47. The highest BCUT2D eigenvalue weighted by Crippen LogP contribution is 2.25. The summed E-state index contributed by atoms with van der Waals surface area (Å²) in [7, 11) is 0. The van der Waals surface area contributed by atoms with Crippen LogP contribution in [0.2, 0.25) is 0 Å². The van der Waals surface area contributed by atoms with E-state index in [9.17, 15) is 0 Å². The summed E-state index contributed by atoms with van der Waals surface area (Å²) in [6.45, 7) is 0. The molecule has 4 nitrogen and oxygen atoms in total. The van der Waals surface area contributed by atoms with Crippen LogP contribution < -0.4 is 11.5 Å². The molecule has 0 aliphatic carbocycles. The fourth-order valence-corrected chi connectivity index (χ4v) is 0.971. The van der Waals surface area contributed by atoms with E-state index in [4.69, 9.17) is 20.3 Å². The van der Waals surface area contributed by atoms with Gasteiger partial charge in [0.25, 0.3) is 0 Å². The monoisotopic (exact) mass is 164 g/mol. The fourth-order valence-electron chi connectivity index (χ4n) is 0.971. The number of hydrogen-bond donors (Lipinski definition) is 2. The highest BCUT2D eigenvalue weighted by Gasteiger charge is 2.06. The molecule has 4 heteroatoms. The van der Waals surface area contributed by atoms with Gasteiger partial charge in [-0.1, -0.05) is 0 Å². The van der Waals surface area contributed by atoms with Gasteiger partial charge in [-0.05, 0) is 12.1 Å². The third kappa shape index (κ3) is 1.03. The molecule has 0 bridgehead atoms. The molecule has 4 N–H and O–H groups in total. The molecular weight excluding hydrogens is 156 g/mol. The van der Waals surface area contributed by atoms with Crippen molar-refractivity contribution in [3.8, 4) is 11.5 Å². The van der Waals surface area contributed by atoms with E-state index in [0.29, 0.717) is 23.3 Å². The topological polar surface area (TPSA) is 78.3 Å². The normalized spacial score (nSPS) is 10.3. The molecule has 2 rings (SSSR count). The summed E-state index contributed by atoms with van der Waals surface area (Å²) in [6, 6.07) is 6.78. The summed E-state index contributed by atoms with van der Waals surface area (Å²) in [5, 5.41) is 0. The van der Waals surface area contributed by atoms with Crippen LogP contribution in [0.1, 0.15) is 0 Å². The van der Waals surface area contributed by atoms with Crippen molar-refractivity contribution in [2.75, 3.05) is 11.5 Å². The Bertz CT molecular complexity index is 351. The summed E-state index contributed by atoms with van der Waals surface area (Å²) in [5.74, 6) is 1.90. The first-order chi connectivity index (χ1) is 5.75. The Hall–Kier alpha value is -1.84. The lowest BCUT2D eigenvalue weighted by molar-refractivity contribution is 0.544. The highest BCUT2D eigenvalue weighted by atomic mass is 16.4. The maximum absolute atomic E-state index is 5.38. The molecule has 12 heavy (non-hydrogen) atoms. The van der Waals surface area contributed by atoms with E-state index in [-0.39, 0.29) is 0 Å². The molecule has 0 radical (unpaired) electrons. The van der Waals surface area contributed by atoms with E-state index < -0.39 is 0 Å². The minimum absolute atomic E-state index is 0.361. The maximum atomic E-state index is 5.38. The van der Waals surface area contributed by atoms with E-state index in [1.54, 1.807) is 24.3 Å². The van der Waals surface area contributed by atoms with Gasteiger partial charge in [0, 0.05) is 12.1 Å². The second kappa shape index (κ2) is 2.34. The van der Waals surface area contributed by atoms with Gasteiger partial charge < -0.3 is 20.3 Å². The van der Waals surface area contributed by atoms with Gasteiger partial charge in [-0.3, -0.25) is 0 Å². The van der Waals surface area contributed by atoms with Gasteiger partial charge in [-0.15, -0.1) is 0 Å². The van der Waals surface area contributed by atoms with Crippen molar-refractivity contribution in [1.82, 2.24) is 0 Å². The van der Waals surface area contributed by atoms with Gasteiger partial charge >= 0.3 is 0 Å². The quantitative estimate of drug-likeness (QED) is 0.672. The molecule has 0 saturated heterocycles. The molecule has 0 spiro atoms. The van der Waals surface area contributed by atoms with E-state index in [1.807, 2.05) is 0 Å². The third-order valence-electron chi connectivity index (χ3n) is 1.50. The van der Waals surface area contributed by atoms with Crippen LogP contribution in [0, 0.1) is 0 Å². The van der Waals surface area contributed by atoms with Crippen molar-refractivity contribution >= 4 is 11.8 Å². The molecule has 0 amide bonds. The Morgan fingerprint density at radius 3 is 1.42 bits per heavy atom. The lowest BCUT2D eigenvalue weighted by Gasteiger charge is -1.88. The largest absolute Gasteiger partial charge is 0.438 e. The van der Waals surface area contributed by atoms with Crippen LogP contribution in [0.15, 0.2) is 33.1 Å². The molecule has 0 aliphatic heterocycles. The average Bonchev–Trinajstić information content (AvgIpc) is 2.58. The minimum Gasteiger partial charge on any atom is -0.438 e. The summed E-state index contributed by atoms with van der Waals surface area (Å²) in [4.78, 5) is 0. The van der Waals surface area contributed by atoms with Crippen molar-refractivity contribution in [1.29, 1.82) is 0 Å². The zero-order valence-electron chi connectivity index (χ0n) is 6.28. The SMILES string of the molecule is Nc1ccc(-c2ccc(N)o2)o1. The Kier molecular flexibility index (Phi) is 1.33. The Balaban J connectivity index is 2.43. The predicted octanol–water partition coefficient (Wildman–Crippen LogP) is 1.70. The third-order valence-corrected chi connectivity index (χ3v) is 1.50. The lowest BCUT2D eigenvalue weighted by Crippen LogP contribution is -1.77. The van der Waals surface area contributed by atoms with Crippen molar-refractivity contribution in [2.45, 2.75) is 0 Å². The van der Waals surface area contributed by atoms with Crippen LogP contribution in [-0.2, 0) is 0 Å². The lowest BCUT2D eigenvalue weighted by atomic mass is 10.3. The number of rotatable bonds is 1. The van der Waals surface area contributed by atoms with Crippen LogP contribution in [0.25, 0.3) is 11.5 Å². The summed E-state index contributed by atoms with van der Waals surface area (Å²) >= 11 is 0. The molecule has 0 aromatic carbocycles. The van der Waals surface area contributed by atoms with E-state index in [1.165, 1.54) is 0 Å². The molecule has 0 atom stereocenters. The van der Waals surface area contributed by atoms with E-state index in [0.717, 1.165) is 0 Å². The van der Waals surface area contributed by atoms with Gasteiger partial charge in [-0.25, -0.2) is 0 Å². The second-order valence-electron chi connectivity index (χ2n) is 2.40. The Labute approximate surface area is 68.8 Å². The smallest absolute Gasteiger partial charge is 0.191 e. The summed E-state index contributed by atoms with van der Waals surface area (Å²) < 4.78 is 10.2. The van der Waals surface area contributed by atoms with Gasteiger partial charge in [0.1, 0.15) is 0 Å². The van der Waals surface area contributed by atoms with Crippen molar-refractivity contribution < 1.29 is 8.83 Å². The Morgan fingerprint density at radius 1 is 0.750 bits per heavy atom.